The van der Waals surface area contributed by atoms with E-state index in [9.17, 15) is 0 Å². The Labute approximate surface area is 368 Å². The Morgan fingerprint density at radius 1 is 0.317 bits per heavy atom. The average molecular weight is 802 g/mol. The summed E-state index contributed by atoms with van der Waals surface area (Å²) in [5, 5.41) is 7.43. The molecule has 0 saturated carbocycles. The Bertz CT molecular complexity index is 3520. The van der Waals surface area contributed by atoms with Crippen molar-refractivity contribution >= 4 is 49.4 Å². The predicted molar refractivity (Wildman–Crippen MR) is 267 cm³/mol. The summed E-state index contributed by atoms with van der Waals surface area (Å²) in [6.07, 6.45) is 0. The van der Waals surface area contributed by atoms with E-state index in [0.717, 1.165) is 17.1 Å². The van der Waals surface area contributed by atoms with Crippen LogP contribution in [0.4, 0.5) is 17.1 Å². The van der Waals surface area contributed by atoms with Crippen LogP contribution < -0.4 is 4.90 Å². The maximum Gasteiger partial charge on any atom is 0.0543 e. The molecule has 11 aromatic rings. The van der Waals surface area contributed by atoms with Gasteiger partial charge in [-0.25, -0.2) is 0 Å². The van der Waals surface area contributed by atoms with E-state index in [1.807, 2.05) is 0 Å². The molecule has 0 spiro atoms. The van der Waals surface area contributed by atoms with Gasteiger partial charge in [-0.2, -0.15) is 0 Å². The lowest BCUT2D eigenvalue weighted by Gasteiger charge is -2.31. The molecule has 63 heavy (non-hydrogen) atoms. The minimum absolute atomic E-state index is 0.338. The van der Waals surface area contributed by atoms with E-state index in [4.69, 9.17) is 0 Å². The zero-order valence-corrected chi connectivity index (χ0v) is 35.0. The van der Waals surface area contributed by atoms with Crippen LogP contribution in [0, 0.1) is 0 Å². The van der Waals surface area contributed by atoms with E-state index in [1.165, 1.54) is 93.5 Å². The molecule has 0 amide bonds. The summed E-state index contributed by atoms with van der Waals surface area (Å²) in [4.78, 5) is 2.52. The van der Waals surface area contributed by atoms with Crippen molar-refractivity contribution in [3.05, 3.63) is 259 Å². The molecule has 1 atom stereocenters. The smallest absolute Gasteiger partial charge is 0.0543 e. The molecule has 0 N–H and O–H groups in total. The Hall–Kier alpha value is -8.00. The van der Waals surface area contributed by atoms with Crippen LogP contribution in [-0.4, -0.2) is 0 Å². The molecule has 0 fully saturated rings. The lowest BCUT2D eigenvalue weighted by Crippen LogP contribution is -2.22. The first-order valence-corrected chi connectivity index (χ1v) is 21.9. The van der Waals surface area contributed by atoms with Crippen molar-refractivity contribution in [3.8, 4) is 44.5 Å². The zero-order chi connectivity index (χ0) is 41.9. The highest BCUT2D eigenvalue weighted by atomic mass is 15.1. The number of nitrogens with zero attached hydrogens (tertiary/aromatic N) is 1. The Kier molecular flexibility index (Phi) is 8.69. The Balaban J connectivity index is 1.17. The average Bonchev–Trinajstić information content (AvgIpc) is 3.63. The van der Waals surface area contributed by atoms with Gasteiger partial charge in [-0.3, -0.25) is 0 Å². The molecule has 0 heterocycles. The molecule has 0 saturated heterocycles. The third kappa shape index (κ3) is 5.92. The summed E-state index contributed by atoms with van der Waals surface area (Å²) >= 11 is 0. The van der Waals surface area contributed by atoms with Gasteiger partial charge in [0, 0.05) is 22.4 Å². The number of rotatable bonds is 7. The molecule has 296 valence electrons. The summed E-state index contributed by atoms with van der Waals surface area (Å²) in [6, 6.07) is 89.5. The molecule has 1 unspecified atom stereocenters. The number of anilines is 3. The molecule has 1 heteroatoms. The quantitative estimate of drug-likeness (QED) is 0.145. The second kappa shape index (κ2) is 14.9. The lowest BCUT2D eigenvalue weighted by atomic mass is 9.74. The van der Waals surface area contributed by atoms with Crippen LogP contribution in [-0.2, 0) is 5.41 Å². The highest BCUT2D eigenvalue weighted by molar-refractivity contribution is 6.22. The van der Waals surface area contributed by atoms with E-state index in [0.29, 0.717) is 0 Å². The summed E-state index contributed by atoms with van der Waals surface area (Å²) in [5.74, 6) is 0. The predicted octanol–water partition coefficient (Wildman–Crippen LogP) is 17.0. The van der Waals surface area contributed by atoms with E-state index in [1.54, 1.807) is 0 Å². The molecular weight excluding hydrogens is 759 g/mol. The van der Waals surface area contributed by atoms with Crippen LogP contribution in [0.2, 0.25) is 0 Å². The van der Waals surface area contributed by atoms with Gasteiger partial charge in [0.1, 0.15) is 0 Å². The standard InChI is InChI=1S/C62H43N/c1-62(48-26-9-4-10-27-48)56-32-16-15-31-54(56)61-57(62)33-18-34-58(61)63(49-28-17-25-46(40-49)47-36-35-42-19-11-12-24-45(42)39-47)50-37-38-52-51-29-13-14-30-53(51)59(43-20-5-2-6-21-43)60(55(52)41-50)44-22-7-3-8-23-44/h2-41H,1H3. The number of hydrogen-bond donors (Lipinski definition) is 0. The minimum atomic E-state index is -0.338. The first-order valence-electron chi connectivity index (χ1n) is 21.9. The fourth-order valence-corrected chi connectivity index (χ4v) is 10.5. The van der Waals surface area contributed by atoms with Crippen molar-refractivity contribution in [2.45, 2.75) is 12.3 Å². The van der Waals surface area contributed by atoms with Gasteiger partial charge in [0.05, 0.1) is 5.69 Å². The first kappa shape index (κ1) is 36.8. The number of benzene rings is 11. The minimum Gasteiger partial charge on any atom is -0.310 e. The normalized spacial score (nSPS) is 14.2. The van der Waals surface area contributed by atoms with Crippen LogP contribution in [0.3, 0.4) is 0 Å². The largest absolute Gasteiger partial charge is 0.310 e. The van der Waals surface area contributed by atoms with Crippen molar-refractivity contribution in [1.29, 1.82) is 0 Å². The second-order valence-corrected chi connectivity index (χ2v) is 16.9. The van der Waals surface area contributed by atoms with Crippen molar-refractivity contribution in [1.82, 2.24) is 0 Å². The van der Waals surface area contributed by atoms with Crippen molar-refractivity contribution in [3.63, 3.8) is 0 Å². The SMILES string of the molecule is CC1(c2ccccc2)c2ccccc2-c2c(N(c3cccc(-c4ccc5ccccc5c4)c3)c3ccc4c(c3)c(-c3ccccc3)c(-c3ccccc3)c3ccccc34)cccc21. The summed E-state index contributed by atoms with van der Waals surface area (Å²) in [7, 11) is 0. The lowest BCUT2D eigenvalue weighted by molar-refractivity contribution is 0.714. The van der Waals surface area contributed by atoms with E-state index in [-0.39, 0.29) is 5.41 Å². The zero-order valence-electron chi connectivity index (χ0n) is 35.0. The van der Waals surface area contributed by atoms with E-state index in [2.05, 4.69) is 254 Å². The van der Waals surface area contributed by atoms with Crippen LogP contribution in [0.25, 0.3) is 76.8 Å². The fourth-order valence-electron chi connectivity index (χ4n) is 10.5. The highest BCUT2D eigenvalue weighted by Gasteiger charge is 2.42. The molecule has 12 rings (SSSR count). The van der Waals surface area contributed by atoms with Crippen LogP contribution in [0.15, 0.2) is 243 Å². The molecule has 1 aliphatic carbocycles. The molecule has 0 aliphatic heterocycles. The van der Waals surface area contributed by atoms with Gasteiger partial charge in [0.2, 0.25) is 0 Å². The van der Waals surface area contributed by atoms with Gasteiger partial charge >= 0.3 is 0 Å². The molecule has 0 radical (unpaired) electrons. The van der Waals surface area contributed by atoms with Gasteiger partial charge in [-0.15, -0.1) is 0 Å². The second-order valence-electron chi connectivity index (χ2n) is 16.9. The number of hydrogen-bond acceptors (Lipinski definition) is 1. The molecule has 0 bridgehead atoms. The third-order valence-corrected chi connectivity index (χ3v) is 13.5. The Morgan fingerprint density at radius 2 is 0.873 bits per heavy atom. The monoisotopic (exact) mass is 801 g/mol. The van der Waals surface area contributed by atoms with Gasteiger partial charge in [-0.1, -0.05) is 206 Å². The molecule has 0 aromatic heterocycles. The molecule has 1 nitrogen and oxygen atoms in total. The maximum atomic E-state index is 2.52. The van der Waals surface area contributed by atoms with E-state index < -0.39 is 0 Å². The highest BCUT2D eigenvalue weighted by Crippen LogP contribution is 2.57. The summed E-state index contributed by atoms with van der Waals surface area (Å²) < 4.78 is 0. The van der Waals surface area contributed by atoms with Crippen molar-refractivity contribution in [2.24, 2.45) is 0 Å². The summed E-state index contributed by atoms with van der Waals surface area (Å²) in [6.45, 7) is 2.40. The fraction of sp³-hybridized carbons (Fsp3) is 0.0323. The van der Waals surface area contributed by atoms with Crippen LogP contribution >= 0.6 is 0 Å². The Morgan fingerprint density at radius 3 is 1.65 bits per heavy atom. The van der Waals surface area contributed by atoms with Gasteiger partial charge in [-0.05, 0) is 131 Å². The van der Waals surface area contributed by atoms with Crippen LogP contribution in [0.1, 0.15) is 23.6 Å². The molecule has 1 aliphatic rings. The maximum absolute atomic E-state index is 2.52. The molecular formula is C62H43N. The van der Waals surface area contributed by atoms with Gasteiger partial charge in [0.15, 0.2) is 0 Å². The third-order valence-electron chi connectivity index (χ3n) is 13.5. The summed E-state index contributed by atoms with van der Waals surface area (Å²) in [5.41, 5.74) is 16.7. The van der Waals surface area contributed by atoms with Crippen molar-refractivity contribution in [2.75, 3.05) is 4.90 Å². The van der Waals surface area contributed by atoms with Gasteiger partial charge < -0.3 is 4.90 Å². The van der Waals surface area contributed by atoms with Crippen LogP contribution in [0.5, 0.6) is 0 Å². The van der Waals surface area contributed by atoms with Crippen molar-refractivity contribution < 1.29 is 0 Å². The first-order chi connectivity index (χ1) is 31.1. The number of fused-ring (bicyclic) bond motifs is 7. The van der Waals surface area contributed by atoms with E-state index >= 15 is 0 Å². The van der Waals surface area contributed by atoms with Gasteiger partial charge in [0.25, 0.3) is 0 Å². The topological polar surface area (TPSA) is 3.24 Å². The molecule has 11 aromatic carbocycles.